The van der Waals surface area contributed by atoms with Crippen LogP contribution in [0, 0.1) is 0 Å². The molecule has 1 saturated carbocycles. The molecule has 3 amide bonds. The van der Waals surface area contributed by atoms with Crippen molar-refractivity contribution < 1.29 is 9.59 Å². The highest BCUT2D eigenvalue weighted by Gasteiger charge is 2.37. The van der Waals surface area contributed by atoms with E-state index in [-0.39, 0.29) is 5.91 Å². The molecule has 0 bridgehead atoms. The molecule has 5 nitrogen and oxygen atoms in total. The lowest BCUT2D eigenvalue weighted by molar-refractivity contribution is -0.120. The molecule has 0 heterocycles. The Morgan fingerprint density at radius 2 is 2.00 bits per heavy atom. The topological polar surface area (TPSA) is 75.4 Å². The van der Waals surface area contributed by atoms with Gasteiger partial charge in [-0.05, 0) is 36.8 Å². The van der Waals surface area contributed by atoms with Gasteiger partial charge in [-0.25, -0.2) is 4.79 Å². The smallest absolute Gasteiger partial charge is 0.318 e. The maximum atomic E-state index is 11.6. The van der Waals surface area contributed by atoms with E-state index in [0.29, 0.717) is 25.0 Å². The fraction of sp³-hybridized carbons (Fsp3) is 0.500. The number of amides is 3. The van der Waals surface area contributed by atoms with Gasteiger partial charge in [-0.2, -0.15) is 0 Å². The van der Waals surface area contributed by atoms with Crippen molar-refractivity contribution in [2.24, 2.45) is 5.73 Å². The standard InChI is InChI=1S/C16H21N3O2/c17-16(21)18-15(20)9-10-19(12-6-7-12)14-8-5-11-3-1-2-4-13(11)14/h1-4,12,14H,5-10H2,(H3,17,18,20,21)/t14-/m1/s1. The van der Waals surface area contributed by atoms with Gasteiger partial charge in [-0.15, -0.1) is 0 Å². The average Bonchev–Trinajstić information content (AvgIpc) is 3.19. The second-order valence-corrected chi connectivity index (χ2v) is 5.88. The number of imide groups is 1. The molecule has 5 heteroatoms. The van der Waals surface area contributed by atoms with Gasteiger partial charge in [-0.1, -0.05) is 24.3 Å². The molecule has 2 aliphatic carbocycles. The molecule has 1 aromatic carbocycles. The largest absolute Gasteiger partial charge is 0.351 e. The molecule has 0 aliphatic heterocycles. The quantitative estimate of drug-likeness (QED) is 0.866. The van der Waals surface area contributed by atoms with Crippen LogP contribution in [0.4, 0.5) is 4.79 Å². The van der Waals surface area contributed by atoms with Crippen molar-refractivity contribution in [3.8, 4) is 0 Å². The van der Waals surface area contributed by atoms with E-state index in [9.17, 15) is 9.59 Å². The number of aryl methyl sites for hydroxylation is 1. The Hall–Kier alpha value is -1.88. The van der Waals surface area contributed by atoms with E-state index in [2.05, 4.69) is 34.5 Å². The van der Waals surface area contributed by atoms with E-state index in [1.165, 1.54) is 24.0 Å². The normalized spacial score (nSPS) is 20.3. The lowest BCUT2D eigenvalue weighted by Gasteiger charge is -2.29. The van der Waals surface area contributed by atoms with E-state index in [4.69, 9.17) is 5.73 Å². The minimum Gasteiger partial charge on any atom is -0.351 e. The summed E-state index contributed by atoms with van der Waals surface area (Å²) < 4.78 is 0. The summed E-state index contributed by atoms with van der Waals surface area (Å²) in [6, 6.07) is 8.79. The fourth-order valence-electron chi connectivity index (χ4n) is 3.31. The Labute approximate surface area is 124 Å². The molecule has 0 aromatic heterocycles. The first kappa shape index (κ1) is 14.1. The third kappa shape index (κ3) is 3.24. The van der Waals surface area contributed by atoms with Gasteiger partial charge in [0.05, 0.1) is 0 Å². The van der Waals surface area contributed by atoms with Crippen LogP contribution in [0.15, 0.2) is 24.3 Å². The van der Waals surface area contributed by atoms with E-state index in [1.807, 2.05) is 0 Å². The molecule has 2 aliphatic rings. The molecule has 112 valence electrons. The molecule has 3 N–H and O–H groups in total. The predicted molar refractivity (Wildman–Crippen MR) is 79.6 cm³/mol. The van der Waals surface area contributed by atoms with Crippen molar-refractivity contribution in [3.05, 3.63) is 35.4 Å². The van der Waals surface area contributed by atoms with Crippen LogP contribution in [0.5, 0.6) is 0 Å². The monoisotopic (exact) mass is 287 g/mol. The number of urea groups is 1. The summed E-state index contributed by atoms with van der Waals surface area (Å²) >= 11 is 0. The summed E-state index contributed by atoms with van der Waals surface area (Å²) in [4.78, 5) is 24.8. The maximum Gasteiger partial charge on any atom is 0.318 e. The SMILES string of the molecule is NC(=O)NC(=O)CCN(C1CC1)[C@@H]1CCc2ccccc21. The molecule has 0 spiro atoms. The first-order valence-corrected chi connectivity index (χ1v) is 7.58. The fourth-order valence-corrected chi connectivity index (χ4v) is 3.31. The zero-order valence-corrected chi connectivity index (χ0v) is 12.0. The Morgan fingerprint density at radius 1 is 1.24 bits per heavy atom. The molecule has 0 radical (unpaired) electrons. The van der Waals surface area contributed by atoms with Crippen LogP contribution in [-0.2, 0) is 11.2 Å². The lowest BCUT2D eigenvalue weighted by atomic mass is 10.1. The number of hydrogen-bond donors (Lipinski definition) is 2. The van der Waals surface area contributed by atoms with Crippen molar-refractivity contribution in [2.75, 3.05) is 6.54 Å². The van der Waals surface area contributed by atoms with Crippen LogP contribution in [0.2, 0.25) is 0 Å². The van der Waals surface area contributed by atoms with E-state index < -0.39 is 6.03 Å². The molecular formula is C16H21N3O2. The Bertz CT molecular complexity index is 554. The van der Waals surface area contributed by atoms with Crippen LogP contribution in [0.25, 0.3) is 0 Å². The third-order valence-corrected chi connectivity index (χ3v) is 4.38. The summed E-state index contributed by atoms with van der Waals surface area (Å²) in [5.74, 6) is -0.292. The third-order valence-electron chi connectivity index (χ3n) is 4.38. The molecule has 3 rings (SSSR count). The highest BCUT2D eigenvalue weighted by atomic mass is 16.2. The molecule has 0 unspecified atom stereocenters. The van der Waals surface area contributed by atoms with E-state index >= 15 is 0 Å². The number of carbonyl (C=O) groups excluding carboxylic acids is 2. The Kier molecular flexibility index (Phi) is 3.92. The summed E-state index contributed by atoms with van der Waals surface area (Å²) in [5.41, 5.74) is 7.80. The van der Waals surface area contributed by atoms with Crippen LogP contribution < -0.4 is 11.1 Å². The van der Waals surface area contributed by atoms with E-state index in [1.54, 1.807) is 0 Å². The van der Waals surface area contributed by atoms with Crippen LogP contribution >= 0.6 is 0 Å². The van der Waals surface area contributed by atoms with Gasteiger partial charge in [0.1, 0.15) is 0 Å². The first-order valence-electron chi connectivity index (χ1n) is 7.58. The molecule has 21 heavy (non-hydrogen) atoms. The van der Waals surface area contributed by atoms with Crippen LogP contribution in [-0.4, -0.2) is 29.4 Å². The predicted octanol–water partition coefficient (Wildman–Crippen LogP) is 1.72. The van der Waals surface area contributed by atoms with Gasteiger partial charge in [-0.3, -0.25) is 15.0 Å². The number of nitrogens with two attached hydrogens (primary N) is 1. The van der Waals surface area contributed by atoms with Gasteiger partial charge < -0.3 is 5.73 Å². The zero-order chi connectivity index (χ0) is 14.8. The molecule has 0 saturated heterocycles. The van der Waals surface area contributed by atoms with Crippen molar-refractivity contribution >= 4 is 11.9 Å². The summed E-state index contributed by atoms with van der Waals surface area (Å²) in [7, 11) is 0. The second-order valence-electron chi connectivity index (χ2n) is 5.88. The minimum atomic E-state index is -0.774. The Morgan fingerprint density at radius 3 is 2.71 bits per heavy atom. The van der Waals surface area contributed by atoms with Crippen LogP contribution in [0.3, 0.4) is 0 Å². The number of nitrogens with zero attached hydrogens (tertiary/aromatic N) is 1. The van der Waals surface area contributed by atoms with Gasteiger partial charge in [0, 0.05) is 25.0 Å². The highest BCUT2D eigenvalue weighted by molar-refractivity contribution is 5.93. The minimum absolute atomic E-state index is 0.292. The van der Waals surface area contributed by atoms with Gasteiger partial charge in [0.15, 0.2) is 0 Å². The summed E-state index contributed by atoms with van der Waals surface area (Å²) in [6.45, 7) is 0.683. The van der Waals surface area contributed by atoms with Crippen molar-refractivity contribution in [1.29, 1.82) is 0 Å². The number of fused-ring (bicyclic) bond motifs is 1. The number of rotatable bonds is 5. The van der Waals surface area contributed by atoms with Gasteiger partial charge >= 0.3 is 6.03 Å². The number of benzene rings is 1. The molecule has 1 fully saturated rings. The average molecular weight is 287 g/mol. The first-order chi connectivity index (χ1) is 10.1. The molecule has 1 aromatic rings. The highest BCUT2D eigenvalue weighted by Crippen LogP contribution is 2.41. The maximum absolute atomic E-state index is 11.6. The van der Waals surface area contributed by atoms with Crippen molar-refractivity contribution in [2.45, 2.75) is 44.2 Å². The van der Waals surface area contributed by atoms with Crippen LogP contribution in [0.1, 0.15) is 42.9 Å². The van der Waals surface area contributed by atoms with Gasteiger partial charge in [0.25, 0.3) is 0 Å². The van der Waals surface area contributed by atoms with Crippen molar-refractivity contribution in [3.63, 3.8) is 0 Å². The Balaban J connectivity index is 1.66. The number of nitrogens with one attached hydrogen (secondary N) is 1. The number of primary amides is 1. The van der Waals surface area contributed by atoms with E-state index in [0.717, 1.165) is 12.8 Å². The summed E-state index contributed by atoms with van der Waals surface area (Å²) in [5, 5.41) is 2.14. The summed E-state index contributed by atoms with van der Waals surface area (Å²) in [6.07, 6.45) is 4.95. The molecule has 1 atom stereocenters. The number of hydrogen-bond acceptors (Lipinski definition) is 3. The zero-order valence-electron chi connectivity index (χ0n) is 12.0. The number of carbonyl (C=O) groups is 2. The lowest BCUT2D eigenvalue weighted by Crippen LogP contribution is -2.38. The molecular weight excluding hydrogens is 266 g/mol. The second kappa shape index (κ2) is 5.85. The van der Waals surface area contributed by atoms with Crippen molar-refractivity contribution in [1.82, 2.24) is 10.2 Å². The van der Waals surface area contributed by atoms with Gasteiger partial charge in [0.2, 0.25) is 5.91 Å².